The van der Waals surface area contributed by atoms with Crippen LogP contribution in [0.5, 0.6) is 0 Å². The molecule has 1 heteroatoms. The smallest absolute Gasteiger partial charge is 0.0663 e. The first-order valence-electron chi connectivity index (χ1n) is 5.32. The van der Waals surface area contributed by atoms with Crippen LogP contribution in [0, 0.1) is 17.8 Å². The van der Waals surface area contributed by atoms with Crippen LogP contribution in [0.15, 0.2) is 11.6 Å². The van der Waals surface area contributed by atoms with E-state index in [1.807, 2.05) is 0 Å². The Morgan fingerprint density at radius 2 is 2.15 bits per heavy atom. The van der Waals surface area contributed by atoms with Gasteiger partial charge in [0, 0.05) is 0 Å². The summed E-state index contributed by atoms with van der Waals surface area (Å²) in [7, 11) is 0. The monoisotopic (exact) mass is 180 g/mol. The van der Waals surface area contributed by atoms with Gasteiger partial charge in [0.2, 0.25) is 0 Å². The zero-order valence-corrected chi connectivity index (χ0v) is 9.13. The lowest BCUT2D eigenvalue weighted by atomic mass is 9.69. The molecule has 74 valence electrons. The van der Waals surface area contributed by atoms with Crippen LogP contribution >= 0.6 is 0 Å². The normalized spacial score (nSPS) is 42.8. The van der Waals surface area contributed by atoms with Crippen molar-refractivity contribution < 1.29 is 4.74 Å². The van der Waals surface area contributed by atoms with Crippen LogP contribution < -0.4 is 0 Å². The van der Waals surface area contributed by atoms with E-state index in [0.29, 0.717) is 5.92 Å². The summed E-state index contributed by atoms with van der Waals surface area (Å²) in [6.45, 7) is 10.0. The summed E-state index contributed by atoms with van der Waals surface area (Å²) in [5.41, 5.74) is 1.65. The highest BCUT2D eigenvalue weighted by Crippen LogP contribution is 2.46. The molecule has 2 aliphatic rings. The van der Waals surface area contributed by atoms with Gasteiger partial charge in [0.15, 0.2) is 0 Å². The van der Waals surface area contributed by atoms with E-state index in [-0.39, 0.29) is 5.60 Å². The molecule has 0 aromatic carbocycles. The van der Waals surface area contributed by atoms with Gasteiger partial charge in [0.1, 0.15) is 0 Å². The standard InChI is InChI=1S/C12H20O/c1-8-5-9(2)11-10(6-8)7-13-12(11,3)4/h5,9-11H,6-7H2,1-4H3. The van der Waals surface area contributed by atoms with Gasteiger partial charge in [-0.25, -0.2) is 0 Å². The molecule has 0 bridgehead atoms. The second-order valence-electron chi connectivity index (χ2n) is 5.28. The summed E-state index contributed by atoms with van der Waals surface area (Å²) in [5.74, 6) is 2.20. The second kappa shape index (κ2) is 2.84. The van der Waals surface area contributed by atoms with Gasteiger partial charge in [-0.15, -0.1) is 0 Å². The van der Waals surface area contributed by atoms with Crippen molar-refractivity contribution in [2.45, 2.75) is 39.7 Å². The molecule has 13 heavy (non-hydrogen) atoms. The summed E-state index contributed by atoms with van der Waals surface area (Å²) in [5, 5.41) is 0. The van der Waals surface area contributed by atoms with Gasteiger partial charge in [0.05, 0.1) is 12.2 Å². The Kier molecular flexibility index (Phi) is 2.03. The Morgan fingerprint density at radius 3 is 2.85 bits per heavy atom. The van der Waals surface area contributed by atoms with E-state index in [1.54, 1.807) is 5.57 Å². The third kappa shape index (κ3) is 1.43. The van der Waals surface area contributed by atoms with Crippen LogP contribution in [-0.2, 0) is 4.74 Å². The van der Waals surface area contributed by atoms with Crippen LogP contribution in [0.4, 0.5) is 0 Å². The number of hydrogen-bond donors (Lipinski definition) is 0. The van der Waals surface area contributed by atoms with Crippen molar-refractivity contribution in [1.29, 1.82) is 0 Å². The van der Waals surface area contributed by atoms with Crippen molar-refractivity contribution in [2.75, 3.05) is 6.61 Å². The molecular weight excluding hydrogens is 160 g/mol. The number of hydrogen-bond acceptors (Lipinski definition) is 1. The Balaban J connectivity index is 2.27. The molecule has 0 aromatic heterocycles. The first-order valence-corrected chi connectivity index (χ1v) is 5.32. The predicted octanol–water partition coefficient (Wildman–Crippen LogP) is 3.01. The van der Waals surface area contributed by atoms with Crippen LogP contribution in [0.1, 0.15) is 34.1 Å². The molecule has 1 aliphatic heterocycles. The third-order valence-electron chi connectivity index (χ3n) is 3.68. The van der Waals surface area contributed by atoms with Gasteiger partial charge >= 0.3 is 0 Å². The summed E-state index contributed by atoms with van der Waals surface area (Å²) in [6, 6.07) is 0. The SMILES string of the molecule is CC1=CC(C)C2C(COC2(C)C)C1. The van der Waals surface area contributed by atoms with Gasteiger partial charge < -0.3 is 4.74 Å². The lowest BCUT2D eigenvalue weighted by Gasteiger charge is -2.35. The molecule has 1 nitrogen and oxygen atoms in total. The van der Waals surface area contributed by atoms with Crippen molar-refractivity contribution in [2.24, 2.45) is 17.8 Å². The van der Waals surface area contributed by atoms with E-state index in [0.717, 1.165) is 18.4 Å². The van der Waals surface area contributed by atoms with Gasteiger partial charge in [-0.1, -0.05) is 18.6 Å². The maximum Gasteiger partial charge on any atom is 0.0663 e. The van der Waals surface area contributed by atoms with Gasteiger partial charge in [0.25, 0.3) is 0 Å². The van der Waals surface area contributed by atoms with Crippen molar-refractivity contribution in [3.8, 4) is 0 Å². The van der Waals surface area contributed by atoms with E-state index in [2.05, 4.69) is 33.8 Å². The van der Waals surface area contributed by atoms with E-state index < -0.39 is 0 Å². The predicted molar refractivity (Wildman–Crippen MR) is 54.5 cm³/mol. The molecule has 0 radical (unpaired) electrons. The first-order chi connectivity index (χ1) is 6.00. The highest BCUT2D eigenvalue weighted by molar-refractivity contribution is 5.13. The van der Waals surface area contributed by atoms with Gasteiger partial charge in [-0.2, -0.15) is 0 Å². The van der Waals surface area contributed by atoms with E-state index in [9.17, 15) is 0 Å². The molecule has 1 aliphatic carbocycles. The summed E-state index contributed by atoms with van der Waals surface area (Å²) >= 11 is 0. The highest BCUT2D eigenvalue weighted by Gasteiger charge is 2.46. The maximum atomic E-state index is 5.87. The molecule has 1 heterocycles. The van der Waals surface area contributed by atoms with E-state index in [1.165, 1.54) is 6.42 Å². The highest BCUT2D eigenvalue weighted by atomic mass is 16.5. The van der Waals surface area contributed by atoms with E-state index in [4.69, 9.17) is 4.74 Å². The second-order valence-corrected chi connectivity index (χ2v) is 5.28. The Morgan fingerprint density at radius 1 is 1.46 bits per heavy atom. The van der Waals surface area contributed by atoms with E-state index >= 15 is 0 Å². The summed E-state index contributed by atoms with van der Waals surface area (Å²) < 4.78 is 5.87. The minimum atomic E-state index is 0.0985. The molecule has 0 aromatic rings. The average molecular weight is 180 g/mol. The Labute approximate surface area is 81.2 Å². The molecule has 1 saturated heterocycles. The number of fused-ring (bicyclic) bond motifs is 1. The summed E-state index contributed by atoms with van der Waals surface area (Å²) in [6.07, 6.45) is 3.68. The Bertz CT molecular complexity index is 240. The first kappa shape index (κ1) is 9.26. The van der Waals surface area contributed by atoms with Crippen molar-refractivity contribution in [3.05, 3.63) is 11.6 Å². The fourth-order valence-corrected chi connectivity index (χ4v) is 3.37. The number of ether oxygens (including phenoxy) is 1. The molecule has 0 N–H and O–H groups in total. The van der Waals surface area contributed by atoms with Gasteiger partial charge in [-0.3, -0.25) is 0 Å². The minimum absolute atomic E-state index is 0.0985. The largest absolute Gasteiger partial charge is 0.375 e. The van der Waals surface area contributed by atoms with Crippen molar-refractivity contribution >= 4 is 0 Å². The molecule has 0 saturated carbocycles. The molecular formula is C12H20O. The van der Waals surface area contributed by atoms with Crippen LogP contribution in [-0.4, -0.2) is 12.2 Å². The molecule has 0 spiro atoms. The zero-order chi connectivity index (χ0) is 9.64. The Hall–Kier alpha value is -0.300. The average Bonchev–Trinajstić information content (AvgIpc) is 2.26. The molecule has 1 fully saturated rings. The van der Waals surface area contributed by atoms with Crippen molar-refractivity contribution in [3.63, 3.8) is 0 Å². The van der Waals surface area contributed by atoms with Crippen molar-refractivity contribution in [1.82, 2.24) is 0 Å². The fourth-order valence-electron chi connectivity index (χ4n) is 3.37. The maximum absolute atomic E-state index is 5.87. The van der Waals surface area contributed by atoms with Crippen LogP contribution in [0.2, 0.25) is 0 Å². The quantitative estimate of drug-likeness (QED) is 0.521. The third-order valence-corrected chi connectivity index (χ3v) is 3.68. The number of allylic oxidation sites excluding steroid dienone is 2. The van der Waals surface area contributed by atoms with Gasteiger partial charge in [-0.05, 0) is 44.9 Å². The van der Waals surface area contributed by atoms with Crippen LogP contribution in [0.3, 0.4) is 0 Å². The topological polar surface area (TPSA) is 9.23 Å². The summed E-state index contributed by atoms with van der Waals surface area (Å²) in [4.78, 5) is 0. The lowest BCUT2D eigenvalue weighted by Crippen LogP contribution is -2.36. The molecule has 3 atom stereocenters. The van der Waals surface area contributed by atoms with Crippen LogP contribution in [0.25, 0.3) is 0 Å². The molecule has 2 rings (SSSR count). The fraction of sp³-hybridized carbons (Fsp3) is 0.833. The molecule has 0 amide bonds. The zero-order valence-electron chi connectivity index (χ0n) is 9.13. The number of rotatable bonds is 0. The minimum Gasteiger partial charge on any atom is -0.375 e. The lowest BCUT2D eigenvalue weighted by molar-refractivity contribution is 0.00258. The molecule has 3 unspecified atom stereocenters.